The average molecular weight is 285 g/mol. The van der Waals surface area contributed by atoms with Crippen molar-refractivity contribution >= 4 is 19.9 Å². The van der Waals surface area contributed by atoms with Crippen molar-refractivity contribution in [2.75, 3.05) is 6.16 Å². The Labute approximate surface area is 124 Å². The van der Waals surface area contributed by atoms with E-state index in [0.29, 0.717) is 0 Å². The molecule has 0 bridgehead atoms. The number of nitrogens with zero attached hydrogens (tertiary/aromatic N) is 1. The fourth-order valence-corrected chi connectivity index (χ4v) is 4.51. The third-order valence-electron chi connectivity index (χ3n) is 3.14. The second kappa shape index (κ2) is 9.44. The summed E-state index contributed by atoms with van der Waals surface area (Å²) in [6.45, 7) is 9.86. The standard InChI is InChI=1S/C18H24NP/c1-5-11-17(7-3)20(15-14-16(6-2)19-4)18-12-9-8-10-13-18/h5-13H,4,14-15H2,1-3H3/b11-5-,16-6-,17-7+. The first kappa shape index (κ1) is 16.6. The van der Waals surface area contributed by atoms with Crippen molar-refractivity contribution in [3.05, 3.63) is 65.6 Å². The molecule has 2 heteroatoms. The highest BCUT2D eigenvalue weighted by Gasteiger charge is 2.14. The van der Waals surface area contributed by atoms with E-state index in [-0.39, 0.29) is 7.92 Å². The van der Waals surface area contributed by atoms with Crippen molar-refractivity contribution in [3.8, 4) is 0 Å². The van der Waals surface area contributed by atoms with Gasteiger partial charge in [-0.3, -0.25) is 4.99 Å². The monoisotopic (exact) mass is 285 g/mol. The van der Waals surface area contributed by atoms with Crippen LogP contribution in [-0.2, 0) is 0 Å². The molecule has 106 valence electrons. The Hall–Kier alpha value is -1.46. The predicted octanol–water partition coefficient (Wildman–Crippen LogP) is 5.27. The van der Waals surface area contributed by atoms with Gasteiger partial charge in [0.25, 0.3) is 0 Å². The number of rotatable bonds is 7. The van der Waals surface area contributed by atoms with Gasteiger partial charge in [0, 0.05) is 5.70 Å². The molecule has 1 atom stereocenters. The van der Waals surface area contributed by atoms with Gasteiger partial charge < -0.3 is 0 Å². The number of hydrogen-bond donors (Lipinski definition) is 0. The van der Waals surface area contributed by atoms with Crippen LogP contribution in [0.5, 0.6) is 0 Å². The Kier molecular flexibility index (Phi) is 7.84. The first-order valence-corrected chi connectivity index (χ1v) is 8.53. The normalized spacial score (nSPS) is 14.6. The second-order valence-corrected chi connectivity index (χ2v) is 6.72. The van der Waals surface area contributed by atoms with E-state index >= 15 is 0 Å². The van der Waals surface area contributed by atoms with E-state index in [4.69, 9.17) is 0 Å². The zero-order valence-corrected chi connectivity index (χ0v) is 13.6. The number of allylic oxidation sites excluding steroid dienone is 6. The first-order valence-electron chi connectivity index (χ1n) is 7.00. The molecule has 0 aliphatic carbocycles. The van der Waals surface area contributed by atoms with E-state index in [1.54, 1.807) is 0 Å². The van der Waals surface area contributed by atoms with Gasteiger partial charge in [-0.1, -0.05) is 54.6 Å². The van der Waals surface area contributed by atoms with E-state index in [1.807, 2.05) is 6.92 Å². The van der Waals surface area contributed by atoms with E-state index < -0.39 is 0 Å². The topological polar surface area (TPSA) is 12.4 Å². The molecule has 0 aliphatic rings. The maximum Gasteiger partial charge on any atom is 0.0357 e. The van der Waals surface area contributed by atoms with Crippen molar-refractivity contribution in [2.45, 2.75) is 27.2 Å². The molecule has 1 nitrogen and oxygen atoms in total. The van der Waals surface area contributed by atoms with Gasteiger partial charge in [-0.2, -0.15) is 0 Å². The van der Waals surface area contributed by atoms with Gasteiger partial charge in [0.05, 0.1) is 0 Å². The molecule has 0 spiro atoms. The minimum Gasteiger partial charge on any atom is -0.269 e. The summed E-state index contributed by atoms with van der Waals surface area (Å²) in [5, 5.41) is 2.85. The fraction of sp³-hybridized carbons (Fsp3) is 0.278. The molecule has 0 N–H and O–H groups in total. The molecule has 0 heterocycles. The van der Waals surface area contributed by atoms with Gasteiger partial charge >= 0.3 is 0 Å². The lowest BCUT2D eigenvalue weighted by molar-refractivity contribution is 1.08. The van der Waals surface area contributed by atoms with Crippen LogP contribution in [0, 0.1) is 0 Å². The number of hydrogen-bond acceptors (Lipinski definition) is 1. The summed E-state index contributed by atoms with van der Waals surface area (Å²) in [7, 11) is -0.323. The van der Waals surface area contributed by atoms with Crippen molar-refractivity contribution in [1.82, 2.24) is 0 Å². The summed E-state index contributed by atoms with van der Waals surface area (Å²) >= 11 is 0. The summed E-state index contributed by atoms with van der Waals surface area (Å²) in [4.78, 5) is 4.09. The van der Waals surface area contributed by atoms with Crippen LogP contribution in [0.4, 0.5) is 0 Å². The maximum absolute atomic E-state index is 4.09. The van der Waals surface area contributed by atoms with Gasteiger partial charge in [0.2, 0.25) is 0 Å². The second-order valence-electron chi connectivity index (χ2n) is 4.39. The highest BCUT2D eigenvalue weighted by molar-refractivity contribution is 7.69. The Morgan fingerprint density at radius 1 is 1.15 bits per heavy atom. The van der Waals surface area contributed by atoms with Crippen LogP contribution in [-0.4, -0.2) is 12.9 Å². The SMILES string of the molecule is C=N/C(=C\C)CCP(C(/C=C\C)=C/C)c1ccccc1. The molecule has 20 heavy (non-hydrogen) atoms. The lowest BCUT2D eigenvalue weighted by Gasteiger charge is -2.19. The number of aliphatic imine (C=N–C) groups is 1. The van der Waals surface area contributed by atoms with Gasteiger partial charge in [0.15, 0.2) is 0 Å². The molecule has 1 aromatic rings. The summed E-state index contributed by atoms with van der Waals surface area (Å²) in [5.74, 6) is 0. The van der Waals surface area contributed by atoms with E-state index in [2.05, 4.69) is 80.2 Å². The van der Waals surface area contributed by atoms with Crippen molar-refractivity contribution in [1.29, 1.82) is 0 Å². The molecule has 0 saturated carbocycles. The van der Waals surface area contributed by atoms with E-state index in [0.717, 1.165) is 18.3 Å². The van der Waals surface area contributed by atoms with Crippen LogP contribution in [0.1, 0.15) is 27.2 Å². The molecule has 0 amide bonds. The lowest BCUT2D eigenvalue weighted by Crippen LogP contribution is -2.04. The molecule has 0 aromatic heterocycles. The Morgan fingerprint density at radius 2 is 1.85 bits per heavy atom. The van der Waals surface area contributed by atoms with Crippen molar-refractivity contribution in [2.24, 2.45) is 4.99 Å². The molecule has 0 fully saturated rings. The van der Waals surface area contributed by atoms with E-state index in [1.165, 1.54) is 10.6 Å². The largest absolute Gasteiger partial charge is 0.269 e. The predicted molar refractivity (Wildman–Crippen MR) is 94.4 cm³/mol. The highest BCUT2D eigenvalue weighted by atomic mass is 31.1. The van der Waals surface area contributed by atoms with Crippen molar-refractivity contribution < 1.29 is 0 Å². The van der Waals surface area contributed by atoms with Gasteiger partial charge in [-0.05, 0) is 58.6 Å². The number of benzene rings is 1. The zero-order chi connectivity index (χ0) is 14.8. The first-order chi connectivity index (χ1) is 9.76. The molecular formula is C18H24NP. The quantitative estimate of drug-likeness (QED) is 0.368. The minimum atomic E-state index is -0.323. The van der Waals surface area contributed by atoms with Crippen LogP contribution in [0.25, 0.3) is 0 Å². The smallest absolute Gasteiger partial charge is 0.0357 e. The molecule has 1 unspecified atom stereocenters. The van der Waals surface area contributed by atoms with Gasteiger partial charge in [0.1, 0.15) is 0 Å². The molecule has 0 radical (unpaired) electrons. The Balaban J connectivity index is 2.99. The molecule has 0 aliphatic heterocycles. The third-order valence-corrected chi connectivity index (χ3v) is 5.76. The highest BCUT2D eigenvalue weighted by Crippen LogP contribution is 2.45. The maximum atomic E-state index is 4.09. The summed E-state index contributed by atoms with van der Waals surface area (Å²) in [5.41, 5.74) is 1.09. The molecule has 1 rings (SSSR count). The molecule has 0 saturated heterocycles. The minimum absolute atomic E-state index is 0.323. The molecule has 1 aromatic carbocycles. The van der Waals surface area contributed by atoms with E-state index in [9.17, 15) is 0 Å². The van der Waals surface area contributed by atoms with Crippen LogP contribution in [0.3, 0.4) is 0 Å². The van der Waals surface area contributed by atoms with Crippen LogP contribution < -0.4 is 5.30 Å². The third kappa shape index (κ3) is 4.90. The molecular weight excluding hydrogens is 261 g/mol. The fourth-order valence-electron chi connectivity index (χ4n) is 2.07. The zero-order valence-electron chi connectivity index (χ0n) is 12.7. The van der Waals surface area contributed by atoms with Crippen LogP contribution >= 0.6 is 7.92 Å². The summed E-state index contributed by atoms with van der Waals surface area (Å²) < 4.78 is 0. The average Bonchev–Trinajstić information content (AvgIpc) is 2.51. The van der Waals surface area contributed by atoms with Crippen LogP contribution in [0.15, 0.2) is 70.6 Å². The lowest BCUT2D eigenvalue weighted by atomic mass is 10.3. The Bertz CT molecular complexity index is 497. The Morgan fingerprint density at radius 3 is 2.35 bits per heavy atom. The van der Waals surface area contributed by atoms with Gasteiger partial charge in [-0.25, -0.2) is 0 Å². The van der Waals surface area contributed by atoms with Crippen LogP contribution in [0.2, 0.25) is 0 Å². The van der Waals surface area contributed by atoms with Crippen molar-refractivity contribution in [3.63, 3.8) is 0 Å². The van der Waals surface area contributed by atoms with Gasteiger partial charge in [-0.15, -0.1) is 0 Å². The summed E-state index contributed by atoms with van der Waals surface area (Å²) in [6, 6.07) is 10.8. The summed E-state index contributed by atoms with van der Waals surface area (Å²) in [6.07, 6.45) is 10.7.